The highest BCUT2D eigenvalue weighted by atomic mass is 28.1. The summed E-state index contributed by atoms with van der Waals surface area (Å²) in [6, 6.07) is 1.11. The molecule has 0 saturated carbocycles. The highest BCUT2D eigenvalue weighted by Gasteiger charge is 2.17. The number of nitrogens with zero attached hydrogens (tertiary/aromatic N) is 1. The maximum atomic E-state index is 3.52. The van der Waals surface area contributed by atoms with E-state index in [9.17, 15) is 0 Å². The molecule has 1 aliphatic carbocycles. The summed E-state index contributed by atoms with van der Waals surface area (Å²) in [6.45, 7) is 3.60. The van der Waals surface area contributed by atoms with Crippen LogP contribution in [-0.2, 0) is 0 Å². The van der Waals surface area contributed by atoms with Crippen LogP contribution in [0.3, 0.4) is 0 Å². The van der Waals surface area contributed by atoms with Crippen LogP contribution in [0.25, 0.3) is 0 Å². The van der Waals surface area contributed by atoms with Crippen molar-refractivity contribution in [2.45, 2.75) is 95.9 Å². The molecule has 0 bridgehead atoms. The Hall–Kier alpha value is -0.773. The zero-order valence-corrected chi connectivity index (χ0v) is 21.1. The van der Waals surface area contributed by atoms with Gasteiger partial charge in [-0.3, -0.25) is 4.48 Å². The van der Waals surface area contributed by atoms with Gasteiger partial charge in [-0.1, -0.05) is 70.3 Å². The Morgan fingerprint density at radius 3 is 1.83 bits per heavy atom. The lowest BCUT2D eigenvalue weighted by Crippen LogP contribution is -2.34. The van der Waals surface area contributed by atoms with Crippen LogP contribution in [0.2, 0.25) is 6.04 Å². The molecule has 1 rings (SSSR count). The standard InChI is InChI=1S/C27H49N2Si/c1-29(2,26-27-20-15-14-16-21-27)24-18-13-11-9-7-5-3-4-6-8-10-12-17-22-28-23-19-25-30/h14-16,20-21,26,28H,3-13,17-19,22-25H2,1-2H3/q+2. The van der Waals surface area contributed by atoms with Crippen LogP contribution in [0.5, 0.6) is 0 Å². The van der Waals surface area contributed by atoms with Gasteiger partial charge in [0.1, 0.15) is 5.57 Å². The third kappa shape index (κ3) is 17.0. The fraction of sp³-hybridized carbons (Fsp3) is 0.741. The fourth-order valence-electron chi connectivity index (χ4n) is 4.06. The third-order valence-electron chi connectivity index (χ3n) is 5.92. The van der Waals surface area contributed by atoms with Gasteiger partial charge in [0.25, 0.3) is 0 Å². The topological polar surface area (TPSA) is 12.0 Å². The van der Waals surface area contributed by atoms with E-state index >= 15 is 0 Å². The van der Waals surface area contributed by atoms with Crippen LogP contribution in [-0.4, -0.2) is 48.5 Å². The largest absolute Gasteiger partial charge is 0.317 e. The molecule has 0 aromatic rings. The lowest BCUT2D eigenvalue weighted by molar-refractivity contribution is -0.839. The van der Waals surface area contributed by atoms with Crippen molar-refractivity contribution in [3.63, 3.8) is 0 Å². The number of hydrogen-bond acceptors (Lipinski definition) is 1. The van der Waals surface area contributed by atoms with Crippen LogP contribution < -0.4 is 5.32 Å². The second-order valence-electron chi connectivity index (χ2n) is 9.49. The van der Waals surface area contributed by atoms with Crippen molar-refractivity contribution in [1.29, 1.82) is 0 Å². The Kier molecular flexibility index (Phi) is 17.2. The molecule has 0 atom stereocenters. The average molecular weight is 430 g/mol. The number of quaternary nitrogens is 1. The average Bonchev–Trinajstić information content (AvgIpc) is 2.73. The van der Waals surface area contributed by atoms with E-state index in [1.165, 1.54) is 109 Å². The molecular weight excluding hydrogens is 380 g/mol. The summed E-state index contributed by atoms with van der Waals surface area (Å²) in [7, 11) is 8.15. The summed E-state index contributed by atoms with van der Waals surface area (Å²) in [6.07, 6.45) is 32.8. The molecule has 0 saturated heterocycles. The molecule has 3 radical (unpaired) electrons. The molecule has 0 aliphatic heterocycles. The van der Waals surface area contributed by atoms with Gasteiger partial charge in [0.2, 0.25) is 0 Å². The Balaban J connectivity index is 1.80. The predicted molar refractivity (Wildman–Crippen MR) is 136 cm³/mol. The molecule has 30 heavy (non-hydrogen) atoms. The van der Waals surface area contributed by atoms with Gasteiger partial charge in [-0.15, -0.1) is 0 Å². The SMILES string of the molecule is C[N+](C)(C=C1C=CC=C[CH+]1)CCCCCCCCCCCCCCCNCCC[Si]. The highest BCUT2D eigenvalue weighted by molar-refractivity contribution is 6.08. The first-order valence-corrected chi connectivity index (χ1v) is 13.4. The van der Waals surface area contributed by atoms with E-state index < -0.39 is 0 Å². The van der Waals surface area contributed by atoms with Crippen molar-refractivity contribution in [3.8, 4) is 0 Å². The van der Waals surface area contributed by atoms with E-state index in [4.69, 9.17) is 0 Å². The molecule has 2 nitrogen and oxygen atoms in total. The Morgan fingerprint density at radius 1 is 0.767 bits per heavy atom. The summed E-state index contributed by atoms with van der Waals surface area (Å²) in [5.74, 6) is 0. The lowest BCUT2D eigenvalue weighted by atomic mass is 10.0. The van der Waals surface area contributed by atoms with Crippen molar-refractivity contribution in [2.24, 2.45) is 0 Å². The molecule has 0 heterocycles. The zero-order chi connectivity index (χ0) is 21.8. The molecule has 0 aromatic heterocycles. The molecule has 0 aromatic carbocycles. The monoisotopic (exact) mass is 429 g/mol. The maximum absolute atomic E-state index is 3.52. The van der Waals surface area contributed by atoms with E-state index in [0.29, 0.717) is 0 Å². The Bertz CT molecular complexity index is 479. The van der Waals surface area contributed by atoms with E-state index in [-0.39, 0.29) is 0 Å². The Labute approximate surface area is 192 Å². The van der Waals surface area contributed by atoms with Gasteiger partial charge < -0.3 is 5.32 Å². The molecule has 0 unspecified atom stereocenters. The molecule has 3 heteroatoms. The van der Waals surface area contributed by atoms with Crippen LogP contribution in [0.1, 0.15) is 89.9 Å². The van der Waals surface area contributed by atoms with Gasteiger partial charge in [0.05, 0.1) is 20.6 Å². The van der Waals surface area contributed by atoms with Crippen LogP contribution in [0.4, 0.5) is 0 Å². The van der Waals surface area contributed by atoms with Gasteiger partial charge in [-0.2, -0.15) is 0 Å². The molecule has 0 spiro atoms. The van der Waals surface area contributed by atoms with E-state index in [0.717, 1.165) is 17.1 Å². The minimum atomic E-state index is 0.984. The molecule has 1 N–H and O–H groups in total. The van der Waals surface area contributed by atoms with Crippen molar-refractivity contribution < 1.29 is 4.48 Å². The first-order chi connectivity index (χ1) is 14.6. The fourth-order valence-corrected chi connectivity index (χ4v) is 4.24. The molecule has 1 aliphatic rings. The summed E-state index contributed by atoms with van der Waals surface area (Å²) in [5, 5.41) is 3.51. The minimum Gasteiger partial charge on any atom is -0.317 e. The predicted octanol–water partition coefficient (Wildman–Crippen LogP) is 6.91. The first-order valence-electron chi connectivity index (χ1n) is 12.7. The van der Waals surface area contributed by atoms with E-state index in [1.54, 1.807) is 0 Å². The van der Waals surface area contributed by atoms with Gasteiger partial charge >= 0.3 is 0 Å². The summed E-state index contributed by atoms with van der Waals surface area (Å²) in [5.41, 5.74) is 1.33. The van der Waals surface area contributed by atoms with Gasteiger partial charge in [-0.05, 0) is 38.8 Å². The van der Waals surface area contributed by atoms with Gasteiger partial charge in [-0.25, -0.2) is 0 Å². The lowest BCUT2D eigenvalue weighted by Gasteiger charge is -2.22. The molecule has 169 valence electrons. The summed E-state index contributed by atoms with van der Waals surface area (Å²) < 4.78 is 0.984. The second kappa shape index (κ2) is 19.0. The smallest absolute Gasteiger partial charge is 0.177 e. The van der Waals surface area contributed by atoms with Crippen LogP contribution >= 0.6 is 0 Å². The second-order valence-corrected chi connectivity index (χ2v) is 9.99. The number of hydrogen-bond donors (Lipinski definition) is 1. The Morgan fingerprint density at radius 2 is 1.30 bits per heavy atom. The van der Waals surface area contributed by atoms with Crippen molar-refractivity contribution in [2.75, 3.05) is 33.7 Å². The van der Waals surface area contributed by atoms with Crippen LogP contribution in [0.15, 0.2) is 36.1 Å². The normalized spacial score (nSPS) is 15.1. The van der Waals surface area contributed by atoms with Crippen molar-refractivity contribution in [1.82, 2.24) is 5.32 Å². The minimum absolute atomic E-state index is 0.984. The van der Waals surface area contributed by atoms with E-state index in [1.807, 2.05) is 0 Å². The van der Waals surface area contributed by atoms with E-state index in [2.05, 4.69) is 66.6 Å². The zero-order valence-electron chi connectivity index (χ0n) is 20.1. The number of nitrogens with one attached hydrogen (secondary N) is 1. The number of rotatable bonds is 20. The van der Waals surface area contributed by atoms with Gasteiger partial charge in [0.15, 0.2) is 6.20 Å². The highest BCUT2D eigenvalue weighted by Crippen LogP contribution is 2.16. The first kappa shape index (κ1) is 27.3. The quantitative estimate of drug-likeness (QED) is 0.0959. The third-order valence-corrected chi connectivity index (χ3v) is 6.27. The van der Waals surface area contributed by atoms with Crippen molar-refractivity contribution in [3.05, 3.63) is 42.5 Å². The summed E-state index contributed by atoms with van der Waals surface area (Å²) in [4.78, 5) is 0. The molecule has 0 amide bonds. The van der Waals surface area contributed by atoms with Crippen molar-refractivity contribution >= 4 is 10.2 Å². The molecule has 0 fully saturated rings. The number of allylic oxidation sites excluding steroid dienone is 5. The molecular formula is C27H49N2Si+2. The van der Waals surface area contributed by atoms with Gasteiger partial charge in [0, 0.05) is 41.0 Å². The number of unbranched alkanes of at least 4 members (excludes halogenated alkanes) is 12. The summed E-state index contributed by atoms with van der Waals surface area (Å²) >= 11 is 0. The van der Waals surface area contributed by atoms with Crippen LogP contribution in [0, 0.1) is 6.42 Å². The maximum Gasteiger partial charge on any atom is 0.177 e.